The summed E-state index contributed by atoms with van der Waals surface area (Å²) in [6, 6.07) is 5.02. The molecule has 1 N–H and O–H groups in total. The van der Waals surface area contributed by atoms with Crippen molar-refractivity contribution in [2.24, 2.45) is 5.92 Å². The Hall–Kier alpha value is -0.770. The summed E-state index contributed by atoms with van der Waals surface area (Å²) in [5, 5.41) is 4.34. The molecule has 20 heavy (non-hydrogen) atoms. The van der Waals surface area contributed by atoms with E-state index in [9.17, 15) is 4.79 Å². The molecule has 0 saturated carbocycles. The first-order valence-electron chi connectivity index (χ1n) is 7.07. The van der Waals surface area contributed by atoms with Crippen LogP contribution in [0.1, 0.15) is 30.1 Å². The number of amides is 1. The van der Waals surface area contributed by atoms with Crippen LogP contribution in [-0.4, -0.2) is 37.0 Å². The summed E-state index contributed by atoms with van der Waals surface area (Å²) in [5.74, 6) is 0.539. The summed E-state index contributed by atoms with van der Waals surface area (Å²) < 4.78 is 0. The van der Waals surface area contributed by atoms with Crippen molar-refractivity contribution in [3.63, 3.8) is 0 Å². The molecule has 2 rings (SSSR count). The third-order valence-electron chi connectivity index (χ3n) is 3.77. The van der Waals surface area contributed by atoms with Gasteiger partial charge in [0.1, 0.15) is 0 Å². The molecule has 1 aromatic rings. The molecule has 1 aliphatic heterocycles. The summed E-state index contributed by atoms with van der Waals surface area (Å²) in [6.07, 6.45) is 2.24. The second-order valence-electron chi connectivity index (χ2n) is 5.16. The smallest absolute Gasteiger partial charge is 0.255 e. The molecule has 1 heterocycles. The molecule has 1 saturated heterocycles. The number of benzene rings is 1. The fraction of sp³-hybridized carbons (Fsp3) is 0.533. The summed E-state index contributed by atoms with van der Waals surface area (Å²) >= 11 is 12.1. The van der Waals surface area contributed by atoms with Crippen LogP contribution in [0.3, 0.4) is 0 Å². The third-order valence-corrected chi connectivity index (χ3v) is 4.33. The van der Waals surface area contributed by atoms with E-state index in [4.69, 9.17) is 23.2 Å². The lowest BCUT2D eigenvalue weighted by Gasteiger charge is -2.29. The molecule has 1 fully saturated rings. The first kappa shape index (κ1) is 15.6. The SMILES string of the molecule is CCN(CC1CCNCC1)C(=O)c1cc(Cl)ccc1Cl. The Labute approximate surface area is 130 Å². The van der Waals surface area contributed by atoms with Gasteiger partial charge < -0.3 is 10.2 Å². The van der Waals surface area contributed by atoms with Crippen LogP contribution in [0.4, 0.5) is 0 Å². The highest BCUT2D eigenvalue weighted by atomic mass is 35.5. The number of piperidine rings is 1. The maximum absolute atomic E-state index is 12.6. The Balaban J connectivity index is 2.09. The zero-order chi connectivity index (χ0) is 14.5. The predicted molar refractivity (Wildman–Crippen MR) is 83.6 cm³/mol. The first-order valence-corrected chi connectivity index (χ1v) is 7.82. The van der Waals surface area contributed by atoms with Crippen LogP contribution in [0.25, 0.3) is 0 Å². The molecule has 1 aliphatic rings. The standard InChI is InChI=1S/C15H20Cl2N2O/c1-2-19(10-11-5-7-18-8-6-11)15(20)13-9-12(16)3-4-14(13)17/h3-4,9,11,18H,2,5-8,10H2,1H3. The molecule has 1 amide bonds. The number of halogens is 2. The van der Waals surface area contributed by atoms with Gasteiger partial charge in [-0.1, -0.05) is 23.2 Å². The van der Waals surface area contributed by atoms with Crippen molar-refractivity contribution in [1.29, 1.82) is 0 Å². The molecule has 110 valence electrons. The van der Waals surface area contributed by atoms with Crippen molar-refractivity contribution in [3.05, 3.63) is 33.8 Å². The molecule has 0 aromatic heterocycles. The highest BCUT2D eigenvalue weighted by Crippen LogP contribution is 2.23. The molecule has 0 radical (unpaired) electrons. The molecule has 0 spiro atoms. The number of nitrogens with zero attached hydrogens (tertiary/aromatic N) is 1. The van der Waals surface area contributed by atoms with E-state index in [1.165, 1.54) is 0 Å². The average molecular weight is 315 g/mol. The van der Waals surface area contributed by atoms with Crippen molar-refractivity contribution in [1.82, 2.24) is 10.2 Å². The lowest BCUT2D eigenvalue weighted by atomic mass is 9.97. The summed E-state index contributed by atoms with van der Waals surface area (Å²) in [5.41, 5.74) is 0.495. The van der Waals surface area contributed by atoms with Gasteiger partial charge in [-0.05, 0) is 57.0 Å². The second-order valence-corrected chi connectivity index (χ2v) is 6.00. The van der Waals surface area contributed by atoms with Crippen LogP contribution < -0.4 is 5.32 Å². The van der Waals surface area contributed by atoms with E-state index >= 15 is 0 Å². The van der Waals surface area contributed by atoms with Gasteiger partial charge in [-0.25, -0.2) is 0 Å². The Morgan fingerprint density at radius 1 is 1.35 bits per heavy atom. The van der Waals surface area contributed by atoms with Crippen molar-refractivity contribution < 1.29 is 4.79 Å². The van der Waals surface area contributed by atoms with E-state index in [1.54, 1.807) is 18.2 Å². The van der Waals surface area contributed by atoms with Crippen LogP contribution in [0.2, 0.25) is 10.0 Å². The minimum atomic E-state index is -0.0291. The zero-order valence-corrected chi connectivity index (χ0v) is 13.2. The van der Waals surface area contributed by atoms with Crippen LogP contribution in [0, 0.1) is 5.92 Å². The van der Waals surface area contributed by atoms with E-state index in [0.29, 0.717) is 28.1 Å². The lowest BCUT2D eigenvalue weighted by Crippen LogP contribution is -2.39. The van der Waals surface area contributed by atoms with Gasteiger partial charge >= 0.3 is 0 Å². The maximum atomic E-state index is 12.6. The Morgan fingerprint density at radius 3 is 2.70 bits per heavy atom. The Kier molecular flexibility index (Phi) is 5.70. The third kappa shape index (κ3) is 3.87. The average Bonchev–Trinajstić information content (AvgIpc) is 2.47. The monoisotopic (exact) mass is 314 g/mol. The van der Waals surface area contributed by atoms with E-state index in [0.717, 1.165) is 32.5 Å². The van der Waals surface area contributed by atoms with Gasteiger partial charge in [0.25, 0.3) is 5.91 Å². The maximum Gasteiger partial charge on any atom is 0.255 e. The van der Waals surface area contributed by atoms with Gasteiger partial charge in [0, 0.05) is 18.1 Å². The number of nitrogens with one attached hydrogen (secondary N) is 1. The molecule has 1 aromatic carbocycles. The van der Waals surface area contributed by atoms with E-state index in [2.05, 4.69) is 5.32 Å². The zero-order valence-electron chi connectivity index (χ0n) is 11.7. The molecule has 3 nitrogen and oxygen atoms in total. The molecule has 0 atom stereocenters. The highest BCUT2D eigenvalue weighted by molar-refractivity contribution is 6.35. The van der Waals surface area contributed by atoms with E-state index < -0.39 is 0 Å². The highest BCUT2D eigenvalue weighted by Gasteiger charge is 2.22. The van der Waals surface area contributed by atoms with E-state index in [1.807, 2.05) is 11.8 Å². The van der Waals surface area contributed by atoms with Crippen LogP contribution >= 0.6 is 23.2 Å². The van der Waals surface area contributed by atoms with Gasteiger partial charge in [-0.2, -0.15) is 0 Å². The van der Waals surface area contributed by atoms with Gasteiger partial charge in [0.05, 0.1) is 10.6 Å². The number of hydrogen-bond donors (Lipinski definition) is 1. The molecule has 0 bridgehead atoms. The minimum Gasteiger partial charge on any atom is -0.339 e. The molecule has 0 unspecified atom stereocenters. The number of carbonyl (C=O) groups is 1. The number of carbonyl (C=O) groups excluding carboxylic acids is 1. The lowest BCUT2D eigenvalue weighted by molar-refractivity contribution is 0.0727. The van der Waals surface area contributed by atoms with Gasteiger partial charge in [0.2, 0.25) is 0 Å². The van der Waals surface area contributed by atoms with Crippen molar-refractivity contribution in [2.75, 3.05) is 26.2 Å². The summed E-state index contributed by atoms with van der Waals surface area (Å²) in [4.78, 5) is 14.5. The second kappa shape index (κ2) is 7.30. The summed E-state index contributed by atoms with van der Waals surface area (Å²) in [6.45, 7) is 5.55. The molecule has 0 aliphatic carbocycles. The summed E-state index contributed by atoms with van der Waals surface area (Å²) in [7, 11) is 0. The fourth-order valence-corrected chi connectivity index (χ4v) is 2.93. The Bertz CT molecular complexity index is 473. The predicted octanol–water partition coefficient (Wildman–Crippen LogP) is 3.46. The quantitative estimate of drug-likeness (QED) is 0.923. The number of hydrogen-bond acceptors (Lipinski definition) is 2. The largest absolute Gasteiger partial charge is 0.339 e. The van der Waals surface area contributed by atoms with Crippen molar-refractivity contribution >= 4 is 29.1 Å². The van der Waals surface area contributed by atoms with Crippen molar-refractivity contribution in [3.8, 4) is 0 Å². The molecular formula is C15H20Cl2N2O. The van der Waals surface area contributed by atoms with E-state index in [-0.39, 0.29) is 5.91 Å². The minimum absolute atomic E-state index is 0.0291. The van der Waals surface area contributed by atoms with Crippen LogP contribution in [0.5, 0.6) is 0 Å². The van der Waals surface area contributed by atoms with Crippen molar-refractivity contribution in [2.45, 2.75) is 19.8 Å². The van der Waals surface area contributed by atoms with Gasteiger partial charge in [-0.3, -0.25) is 4.79 Å². The van der Waals surface area contributed by atoms with Crippen LogP contribution in [0.15, 0.2) is 18.2 Å². The van der Waals surface area contributed by atoms with Crippen LogP contribution in [-0.2, 0) is 0 Å². The first-order chi connectivity index (χ1) is 9.61. The topological polar surface area (TPSA) is 32.3 Å². The fourth-order valence-electron chi connectivity index (χ4n) is 2.56. The molecule has 5 heteroatoms. The molecular weight excluding hydrogens is 295 g/mol. The van der Waals surface area contributed by atoms with Gasteiger partial charge in [0.15, 0.2) is 0 Å². The normalized spacial score (nSPS) is 16.1. The van der Waals surface area contributed by atoms with Gasteiger partial charge in [-0.15, -0.1) is 0 Å². The number of rotatable bonds is 4. The Morgan fingerprint density at radius 2 is 2.05 bits per heavy atom.